The molecule has 38 heavy (non-hydrogen) atoms. The van der Waals surface area contributed by atoms with Crippen LogP contribution >= 0.6 is 11.8 Å². The summed E-state index contributed by atoms with van der Waals surface area (Å²) in [6, 6.07) is 24.8. The Hall–Kier alpha value is -4.61. The Bertz CT molecular complexity index is 1660. The van der Waals surface area contributed by atoms with Gasteiger partial charge in [-0.15, -0.1) is 0 Å². The molecule has 1 aliphatic heterocycles. The summed E-state index contributed by atoms with van der Waals surface area (Å²) in [5, 5.41) is 12.7. The minimum atomic E-state index is -0.495. The van der Waals surface area contributed by atoms with Crippen molar-refractivity contribution in [2.45, 2.75) is 20.4 Å². The first-order chi connectivity index (χ1) is 18.4. The summed E-state index contributed by atoms with van der Waals surface area (Å²) in [5.41, 5.74) is 5.85. The average Bonchev–Trinajstić information content (AvgIpc) is 3.33. The molecule has 1 N–H and O–H groups in total. The monoisotopic (exact) mass is 520 g/mol. The molecule has 7 nitrogen and oxygen atoms in total. The third-order valence-corrected chi connectivity index (χ3v) is 7.44. The number of nitriles is 1. The highest BCUT2D eigenvalue weighted by atomic mass is 32.2. The van der Waals surface area contributed by atoms with Crippen molar-refractivity contribution in [3.63, 3.8) is 0 Å². The van der Waals surface area contributed by atoms with Crippen molar-refractivity contribution >= 4 is 51.5 Å². The van der Waals surface area contributed by atoms with Gasteiger partial charge in [0.15, 0.2) is 0 Å². The van der Waals surface area contributed by atoms with Crippen LogP contribution in [0.2, 0.25) is 0 Å². The molecule has 5 rings (SSSR count). The van der Waals surface area contributed by atoms with Crippen molar-refractivity contribution in [3.05, 3.63) is 106 Å². The van der Waals surface area contributed by atoms with Crippen LogP contribution in [-0.2, 0) is 16.1 Å². The summed E-state index contributed by atoms with van der Waals surface area (Å²) in [4.78, 5) is 39.7. The molecule has 0 saturated carbocycles. The Morgan fingerprint density at radius 1 is 1.00 bits per heavy atom. The van der Waals surface area contributed by atoms with Crippen LogP contribution < -0.4 is 5.32 Å². The average molecular weight is 521 g/mol. The number of carbonyl (C=O) groups excluding carboxylic acids is 3. The lowest BCUT2D eigenvalue weighted by Gasteiger charge is -2.12. The summed E-state index contributed by atoms with van der Waals surface area (Å²) in [6.45, 7) is 4.04. The molecule has 1 fully saturated rings. The first kappa shape index (κ1) is 25.1. The van der Waals surface area contributed by atoms with Crippen LogP contribution in [0.1, 0.15) is 27.9 Å². The number of aromatic nitrogens is 1. The van der Waals surface area contributed by atoms with E-state index in [0.717, 1.165) is 49.9 Å². The predicted octanol–water partition coefficient (Wildman–Crippen LogP) is 5.85. The fourth-order valence-corrected chi connectivity index (χ4v) is 5.35. The third-order valence-electron chi connectivity index (χ3n) is 6.53. The molecule has 0 bridgehead atoms. The number of fused-ring (bicyclic) bond motifs is 1. The number of para-hydroxylation sites is 1. The zero-order valence-corrected chi connectivity index (χ0v) is 21.7. The molecule has 0 radical (unpaired) electrons. The highest BCUT2D eigenvalue weighted by molar-refractivity contribution is 8.18. The number of anilines is 1. The van der Waals surface area contributed by atoms with E-state index in [1.807, 2.05) is 68.4 Å². The number of thioether (sulfide) groups is 1. The van der Waals surface area contributed by atoms with Crippen molar-refractivity contribution < 1.29 is 14.4 Å². The Morgan fingerprint density at radius 2 is 1.71 bits per heavy atom. The number of imide groups is 1. The van der Waals surface area contributed by atoms with E-state index in [2.05, 4.69) is 16.0 Å². The summed E-state index contributed by atoms with van der Waals surface area (Å²) in [5.74, 6) is -0.938. The van der Waals surface area contributed by atoms with Gasteiger partial charge < -0.3 is 9.88 Å². The van der Waals surface area contributed by atoms with Crippen LogP contribution in [0.4, 0.5) is 10.5 Å². The molecular weight excluding hydrogens is 496 g/mol. The zero-order chi connectivity index (χ0) is 26.8. The molecule has 3 aromatic carbocycles. The standard InChI is InChI=1S/C30H24N4O3S/c1-19-11-13-23(14-12-19)32-28(35)18-34-29(36)27(38-30(34)37)15-25-20(2)33(26-10-6-5-9-24(25)26)17-22-8-4-3-7-21(22)16-31/h3-15H,17-18H2,1-2H3,(H,32,35)/b27-15-. The van der Waals surface area contributed by atoms with Crippen molar-refractivity contribution in [2.75, 3.05) is 11.9 Å². The van der Waals surface area contributed by atoms with Gasteiger partial charge in [-0.2, -0.15) is 5.26 Å². The van der Waals surface area contributed by atoms with E-state index in [1.54, 1.807) is 24.3 Å². The number of aryl methyl sites for hydroxylation is 1. The van der Waals surface area contributed by atoms with E-state index in [0.29, 0.717) is 17.8 Å². The molecule has 0 atom stereocenters. The van der Waals surface area contributed by atoms with Crippen LogP contribution in [0, 0.1) is 25.2 Å². The van der Waals surface area contributed by atoms with Gasteiger partial charge in [-0.3, -0.25) is 19.3 Å². The number of carbonyl (C=O) groups is 3. The molecular formula is C30H24N4O3S. The Morgan fingerprint density at radius 3 is 2.47 bits per heavy atom. The predicted molar refractivity (Wildman–Crippen MR) is 149 cm³/mol. The highest BCUT2D eigenvalue weighted by Crippen LogP contribution is 2.36. The number of benzene rings is 3. The molecule has 3 amide bonds. The molecule has 0 unspecified atom stereocenters. The van der Waals surface area contributed by atoms with Crippen LogP contribution in [0.15, 0.2) is 77.7 Å². The maximum Gasteiger partial charge on any atom is 0.294 e. The largest absolute Gasteiger partial charge is 0.340 e. The van der Waals surface area contributed by atoms with Gasteiger partial charge in [-0.05, 0) is 61.5 Å². The van der Waals surface area contributed by atoms with E-state index in [9.17, 15) is 19.6 Å². The van der Waals surface area contributed by atoms with E-state index < -0.39 is 17.1 Å². The van der Waals surface area contributed by atoms with E-state index >= 15 is 0 Å². The van der Waals surface area contributed by atoms with Gasteiger partial charge in [0.1, 0.15) is 6.54 Å². The first-order valence-electron chi connectivity index (χ1n) is 12.0. The summed E-state index contributed by atoms with van der Waals surface area (Å²) < 4.78 is 2.11. The van der Waals surface area contributed by atoms with Gasteiger partial charge in [-0.25, -0.2) is 0 Å². The van der Waals surface area contributed by atoms with Gasteiger partial charge in [0.25, 0.3) is 11.1 Å². The van der Waals surface area contributed by atoms with Crippen LogP contribution in [0.5, 0.6) is 0 Å². The number of hydrogen-bond donors (Lipinski definition) is 1. The zero-order valence-electron chi connectivity index (χ0n) is 20.9. The van der Waals surface area contributed by atoms with Crippen molar-refractivity contribution in [3.8, 4) is 6.07 Å². The minimum Gasteiger partial charge on any atom is -0.340 e. The molecule has 8 heteroatoms. The second kappa shape index (κ2) is 10.4. The fourth-order valence-electron chi connectivity index (χ4n) is 4.53. The lowest BCUT2D eigenvalue weighted by atomic mass is 10.1. The van der Waals surface area contributed by atoms with Gasteiger partial charge in [0, 0.05) is 34.4 Å². The molecule has 1 aliphatic rings. The highest BCUT2D eigenvalue weighted by Gasteiger charge is 2.36. The smallest absolute Gasteiger partial charge is 0.294 e. The number of nitrogens with zero attached hydrogens (tertiary/aromatic N) is 3. The van der Waals surface area contributed by atoms with Gasteiger partial charge in [-0.1, -0.05) is 54.1 Å². The van der Waals surface area contributed by atoms with Gasteiger partial charge in [0.2, 0.25) is 5.91 Å². The Balaban J connectivity index is 1.43. The second-order valence-corrected chi connectivity index (χ2v) is 10.0. The molecule has 2 heterocycles. The lowest BCUT2D eigenvalue weighted by Crippen LogP contribution is -2.36. The molecule has 188 valence electrons. The van der Waals surface area contributed by atoms with Crippen LogP contribution in [0.25, 0.3) is 17.0 Å². The lowest BCUT2D eigenvalue weighted by molar-refractivity contribution is -0.127. The topological polar surface area (TPSA) is 95.2 Å². The van der Waals surface area contributed by atoms with E-state index in [4.69, 9.17) is 0 Å². The molecule has 0 spiro atoms. The SMILES string of the molecule is Cc1ccc(NC(=O)CN2C(=O)S/C(=C\c3c(C)n(Cc4ccccc4C#N)c4ccccc34)C2=O)cc1. The fraction of sp³-hybridized carbons (Fsp3) is 0.133. The van der Waals surface area contributed by atoms with Gasteiger partial charge in [0.05, 0.1) is 16.5 Å². The maximum absolute atomic E-state index is 13.2. The van der Waals surface area contributed by atoms with Crippen LogP contribution in [-0.4, -0.2) is 33.1 Å². The second-order valence-electron chi connectivity index (χ2n) is 9.05. The number of nitrogens with one attached hydrogen (secondary N) is 1. The summed E-state index contributed by atoms with van der Waals surface area (Å²) in [7, 11) is 0. The maximum atomic E-state index is 13.2. The van der Waals surface area contributed by atoms with Crippen LogP contribution in [0.3, 0.4) is 0 Å². The minimum absolute atomic E-state index is 0.265. The number of hydrogen-bond acceptors (Lipinski definition) is 5. The van der Waals surface area contributed by atoms with Crippen molar-refractivity contribution in [1.82, 2.24) is 9.47 Å². The van der Waals surface area contributed by atoms with E-state index in [-0.39, 0.29) is 11.4 Å². The summed E-state index contributed by atoms with van der Waals surface area (Å²) in [6.07, 6.45) is 1.73. The normalized spacial score (nSPS) is 14.3. The first-order valence-corrected chi connectivity index (χ1v) is 12.8. The van der Waals surface area contributed by atoms with Gasteiger partial charge >= 0.3 is 0 Å². The molecule has 0 aliphatic carbocycles. The van der Waals surface area contributed by atoms with Crippen molar-refractivity contribution in [2.24, 2.45) is 0 Å². The Kier molecular flexibility index (Phi) is 6.86. The molecule has 4 aromatic rings. The molecule has 1 aromatic heterocycles. The van der Waals surface area contributed by atoms with E-state index in [1.165, 1.54) is 0 Å². The van der Waals surface area contributed by atoms with Crippen molar-refractivity contribution in [1.29, 1.82) is 5.26 Å². The quantitative estimate of drug-likeness (QED) is 0.322. The number of rotatable bonds is 6. The number of amides is 3. The Labute approximate surface area is 224 Å². The third kappa shape index (κ3) is 4.84. The molecule has 1 saturated heterocycles. The summed E-state index contributed by atoms with van der Waals surface area (Å²) >= 11 is 0.830.